The number of nitrogens with zero attached hydrogens (tertiary/aromatic N) is 1. The van der Waals surface area contributed by atoms with E-state index in [-0.39, 0.29) is 11.9 Å². The van der Waals surface area contributed by atoms with Crippen LogP contribution in [0.25, 0.3) is 11.0 Å². The maximum Gasteiger partial charge on any atom is 0.258 e. The molecular formula is C17H22N2O2. The lowest BCUT2D eigenvalue weighted by Gasteiger charge is -2.29. The van der Waals surface area contributed by atoms with Crippen molar-refractivity contribution >= 4 is 16.9 Å². The molecule has 1 amide bonds. The number of hydrogen-bond donors (Lipinski definition) is 1. The highest BCUT2D eigenvalue weighted by atomic mass is 16.3. The van der Waals surface area contributed by atoms with E-state index in [2.05, 4.69) is 19.2 Å². The van der Waals surface area contributed by atoms with Crippen LogP contribution in [0.4, 0.5) is 0 Å². The van der Waals surface area contributed by atoms with Crippen LogP contribution in [0.3, 0.4) is 0 Å². The van der Waals surface area contributed by atoms with Crippen LogP contribution in [0.2, 0.25) is 0 Å². The van der Waals surface area contributed by atoms with Crippen LogP contribution in [0.1, 0.15) is 37.0 Å². The summed E-state index contributed by atoms with van der Waals surface area (Å²) >= 11 is 0. The first-order chi connectivity index (χ1) is 10.2. The van der Waals surface area contributed by atoms with Crippen LogP contribution in [0.15, 0.2) is 34.9 Å². The molecule has 1 N–H and O–H groups in total. The monoisotopic (exact) mass is 286 g/mol. The third-order valence-electron chi connectivity index (χ3n) is 4.18. The smallest absolute Gasteiger partial charge is 0.258 e. The molecule has 3 rings (SSSR count). The number of benzene rings is 1. The molecule has 1 aliphatic heterocycles. The van der Waals surface area contributed by atoms with Gasteiger partial charge in [0, 0.05) is 24.0 Å². The number of carbonyl (C=O) groups excluding carboxylic acids is 1. The number of para-hydroxylation sites is 1. The molecule has 2 heterocycles. The summed E-state index contributed by atoms with van der Waals surface area (Å²) in [6.07, 6.45) is 3.92. The number of rotatable bonds is 4. The Bertz CT molecular complexity index is 627. The van der Waals surface area contributed by atoms with Gasteiger partial charge in [0.25, 0.3) is 5.91 Å². The van der Waals surface area contributed by atoms with Crippen LogP contribution in [0, 0.1) is 0 Å². The lowest BCUT2D eigenvalue weighted by Crippen LogP contribution is -2.44. The lowest BCUT2D eigenvalue weighted by atomic mass is 10.1. The minimum absolute atomic E-state index is 0.0589. The summed E-state index contributed by atoms with van der Waals surface area (Å²) in [5.74, 6) is 0.0589. The summed E-state index contributed by atoms with van der Waals surface area (Å²) in [5, 5.41) is 4.36. The fraction of sp³-hybridized carbons (Fsp3) is 0.471. The first-order valence-corrected chi connectivity index (χ1v) is 7.67. The highest BCUT2D eigenvalue weighted by Crippen LogP contribution is 2.23. The summed E-state index contributed by atoms with van der Waals surface area (Å²) in [6, 6.07) is 8.28. The van der Waals surface area contributed by atoms with Gasteiger partial charge in [0.15, 0.2) is 0 Å². The van der Waals surface area contributed by atoms with Gasteiger partial charge in [-0.05, 0) is 39.3 Å². The fourth-order valence-corrected chi connectivity index (χ4v) is 2.98. The molecule has 4 nitrogen and oxygen atoms in total. The molecule has 4 heteroatoms. The Morgan fingerprint density at radius 2 is 2.24 bits per heavy atom. The van der Waals surface area contributed by atoms with E-state index in [4.69, 9.17) is 4.42 Å². The molecule has 1 fully saturated rings. The van der Waals surface area contributed by atoms with E-state index < -0.39 is 0 Å². The van der Waals surface area contributed by atoms with Crippen molar-refractivity contribution in [1.82, 2.24) is 10.2 Å². The summed E-state index contributed by atoms with van der Waals surface area (Å²) in [5.41, 5.74) is 1.43. The van der Waals surface area contributed by atoms with Crippen molar-refractivity contribution in [3.05, 3.63) is 36.1 Å². The number of carbonyl (C=O) groups is 1. The van der Waals surface area contributed by atoms with Crippen LogP contribution >= 0.6 is 0 Å². The molecule has 21 heavy (non-hydrogen) atoms. The van der Waals surface area contributed by atoms with Gasteiger partial charge in [-0.25, -0.2) is 0 Å². The van der Waals surface area contributed by atoms with Gasteiger partial charge in [0.1, 0.15) is 11.8 Å². The molecule has 0 spiro atoms. The quantitative estimate of drug-likeness (QED) is 0.939. The van der Waals surface area contributed by atoms with E-state index in [1.54, 1.807) is 6.26 Å². The Balaban J connectivity index is 1.86. The second kappa shape index (κ2) is 5.90. The zero-order chi connectivity index (χ0) is 14.8. The zero-order valence-corrected chi connectivity index (χ0v) is 12.6. The maximum atomic E-state index is 12.9. The van der Waals surface area contributed by atoms with Crippen molar-refractivity contribution in [3.63, 3.8) is 0 Å². The topological polar surface area (TPSA) is 45.5 Å². The van der Waals surface area contributed by atoms with Crippen LogP contribution in [0.5, 0.6) is 0 Å². The van der Waals surface area contributed by atoms with E-state index in [1.165, 1.54) is 6.42 Å². The third kappa shape index (κ3) is 2.81. The molecule has 1 aromatic heterocycles. The Kier molecular flexibility index (Phi) is 3.97. The summed E-state index contributed by atoms with van der Waals surface area (Å²) in [4.78, 5) is 14.8. The van der Waals surface area contributed by atoms with Crippen molar-refractivity contribution in [2.45, 2.75) is 38.8 Å². The maximum absolute atomic E-state index is 12.9. The average molecular weight is 286 g/mol. The predicted molar refractivity (Wildman–Crippen MR) is 83.4 cm³/mol. The van der Waals surface area contributed by atoms with Crippen molar-refractivity contribution in [2.24, 2.45) is 0 Å². The van der Waals surface area contributed by atoms with Gasteiger partial charge in [-0.2, -0.15) is 0 Å². The molecule has 112 valence electrons. The summed E-state index contributed by atoms with van der Waals surface area (Å²) < 4.78 is 5.51. The standard InChI is InChI=1S/C17H22N2O2/c1-12(2)19(10-13-6-5-9-18-13)17(20)15-11-21-16-8-4-3-7-14(15)16/h3-4,7-8,11-13,18H,5-6,9-10H2,1-2H3. The number of fused-ring (bicyclic) bond motifs is 1. The zero-order valence-electron chi connectivity index (χ0n) is 12.6. The second-order valence-corrected chi connectivity index (χ2v) is 5.99. The molecule has 1 unspecified atom stereocenters. The molecule has 1 aromatic carbocycles. The van der Waals surface area contributed by atoms with Gasteiger partial charge in [-0.3, -0.25) is 4.79 Å². The van der Waals surface area contributed by atoms with Crippen molar-refractivity contribution in [2.75, 3.05) is 13.1 Å². The first kappa shape index (κ1) is 14.1. The molecule has 1 aliphatic rings. The van der Waals surface area contributed by atoms with Gasteiger partial charge < -0.3 is 14.6 Å². The van der Waals surface area contributed by atoms with Crippen LogP contribution in [-0.4, -0.2) is 36.0 Å². The first-order valence-electron chi connectivity index (χ1n) is 7.67. The van der Waals surface area contributed by atoms with Gasteiger partial charge in [0.05, 0.1) is 5.56 Å². The average Bonchev–Trinajstić information content (AvgIpc) is 3.13. The van der Waals surface area contributed by atoms with E-state index in [9.17, 15) is 4.79 Å². The minimum Gasteiger partial charge on any atom is -0.463 e. The van der Waals surface area contributed by atoms with E-state index >= 15 is 0 Å². The molecule has 1 saturated heterocycles. The highest BCUT2D eigenvalue weighted by molar-refractivity contribution is 6.06. The van der Waals surface area contributed by atoms with Gasteiger partial charge in [-0.15, -0.1) is 0 Å². The highest BCUT2D eigenvalue weighted by Gasteiger charge is 2.26. The molecule has 1 atom stereocenters. The number of furan rings is 1. The largest absolute Gasteiger partial charge is 0.463 e. The van der Waals surface area contributed by atoms with Crippen LogP contribution in [-0.2, 0) is 0 Å². The number of amides is 1. The summed E-state index contributed by atoms with van der Waals surface area (Å²) in [6.45, 7) is 5.94. The van der Waals surface area contributed by atoms with Gasteiger partial charge >= 0.3 is 0 Å². The van der Waals surface area contributed by atoms with Gasteiger partial charge in [0.2, 0.25) is 0 Å². The molecule has 0 saturated carbocycles. The molecule has 0 aliphatic carbocycles. The SMILES string of the molecule is CC(C)N(CC1CCCN1)C(=O)c1coc2ccccc12. The van der Waals surface area contributed by atoms with Crippen molar-refractivity contribution in [3.8, 4) is 0 Å². The van der Waals surface area contributed by atoms with E-state index in [1.807, 2.05) is 29.2 Å². The molecule has 2 aromatic rings. The lowest BCUT2D eigenvalue weighted by molar-refractivity contribution is 0.0690. The normalized spacial score (nSPS) is 18.5. The minimum atomic E-state index is 0.0589. The predicted octanol–water partition coefficient (Wildman–Crippen LogP) is 3.04. The Hall–Kier alpha value is -1.81. The van der Waals surface area contributed by atoms with Crippen molar-refractivity contribution < 1.29 is 9.21 Å². The fourth-order valence-electron chi connectivity index (χ4n) is 2.98. The Morgan fingerprint density at radius 3 is 2.95 bits per heavy atom. The van der Waals surface area contributed by atoms with Crippen LogP contribution < -0.4 is 5.32 Å². The van der Waals surface area contributed by atoms with Gasteiger partial charge in [-0.1, -0.05) is 18.2 Å². The number of nitrogens with one attached hydrogen (secondary N) is 1. The van der Waals surface area contributed by atoms with Crippen molar-refractivity contribution in [1.29, 1.82) is 0 Å². The molecular weight excluding hydrogens is 264 g/mol. The molecule has 0 radical (unpaired) electrons. The molecule has 0 bridgehead atoms. The van der Waals surface area contributed by atoms with E-state index in [0.717, 1.165) is 30.5 Å². The van der Waals surface area contributed by atoms with E-state index in [0.29, 0.717) is 11.6 Å². The Labute approximate surface area is 125 Å². The Morgan fingerprint density at radius 1 is 1.43 bits per heavy atom. The second-order valence-electron chi connectivity index (χ2n) is 5.99. The third-order valence-corrected chi connectivity index (χ3v) is 4.18. The summed E-state index contributed by atoms with van der Waals surface area (Å²) in [7, 11) is 0. The number of hydrogen-bond acceptors (Lipinski definition) is 3.